The Bertz CT molecular complexity index is 547. The molecule has 1 aromatic rings. The fraction of sp³-hybridized carbons (Fsp3) is 0.538. The third-order valence-corrected chi connectivity index (χ3v) is 5.89. The number of hydrogen-bond acceptors (Lipinski definition) is 3. The highest BCUT2D eigenvalue weighted by Crippen LogP contribution is 2.23. The molecule has 1 fully saturated rings. The Kier molecular flexibility index (Phi) is 4.66. The summed E-state index contributed by atoms with van der Waals surface area (Å²) in [5.41, 5.74) is 0. The van der Waals surface area contributed by atoms with Crippen LogP contribution in [-0.2, 0) is 10.0 Å². The summed E-state index contributed by atoms with van der Waals surface area (Å²) >= 11 is 3.33. The Morgan fingerprint density at radius 2 is 2.05 bits per heavy atom. The second kappa shape index (κ2) is 5.91. The Balaban J connectivity index is 2.33. The summed E-state index contributed by atoms with van der Waals surface area (Å²) in [5.74, 6) is 0. The van der Waals surface area contributed by atoms with Crippen LogP contribution >= 0.6 is 15.9 Å². The molecule has 0 N–H and O–H groups in total. The zero-order chi connectivity index (χ0) is 14.0. The third-order valence-electron chi connectivity index (χ3n) is 3.39. The molecule has 1 heterocycles. The molecule has 0 aromatic heterocycles. The van der Waals surface area contributed by atoms with Crippen LogP contribution in [0.2, 0.25) is 0 Å². The minimum absolute atomic E-state index is 0.00326. The van der Waals surface area contributed by atoms with E-state index in [1.807, 2.05) is 20.0 Å². The summed E-state index contributed by atoms with van der Waals surface area (Å²) in [6, 6.07) is 6.90. The molecule has 0 amide bonds. The molecule has 19 heavy (non-hydrogen) atoms. The van der Waals surface area contributed by atoms with Gasteiger partial charge in [0.2, 0.25) is 10.0 Å². The van der Waals surface area contributed by atoms with Gasteiger partial charge in [-0.3, -0.25) is 0 Å². The lowest BCUT2D eigenvalue weighted by molar-refractivity contribution is 0.290. The number of rotatable bonds is 2. The quantitative estimate of drug-likeness (QED) is 0.823. The average molecular weight is 347 g/mol. The predicted molar refractivity (Wildman–Crippen MR) is 79.6 cm³/mol. The molecular formula is C13H19BrN2O2S. The van der Waals surface area contributed by atoms with Gasteiger partial charge in [-0.2, -0.15) is 4.31 Å². The van der Waals surface area contributed by atoms with Gasteiger partial charge >= 0.3 is 0 Å². The molecule has 106 valence electrons. The van der Waals surface area contributed by atoms with Crippen LogP contribution in [0, 0.1) is 0 Å². The van der Waals surface area contributed by atoms with Crippen molar-refractivity contribution >= 4 is 26.0 Å². The van der Waals surface area contributed by atoms with E-state index in [-0.39, 0.29) is 6.04 Å². The molecule has 0 spiro atoms. The van der Waals surface area contributed by atoms with Gasteiger partial charge in [-0.25, -0.2) is 8.42 Å². The highest BCUT2D eigenvalue weighted by molar-refractivity contribution is 9.10. The van der Waals surface area contributed by atoms with Gasteiger partial charge in [0.15, 0.2) is 0 Å². The molecule has 1 aliphatic rings. The molecule has 1 unspecified atom stereocenters. The summed E-state index contributed by atoms with van der Waals surface area (Å²) in [6.07, 6.45) is 0.869. The number of halogens is 1. The van der Waals surface area contributed by atoms with Gasteiger partial charge in [-0.15, -0.1) is 0 Å². The standard InChI is InChI=1S/C13H19BrN2O2S/c1-11-10-15(2)7-4-8-16(11)19(17,18)13-6-3-5-12(14)9-13/h3,5-6,9,11H,4,7-8,10H2,1-2H3. The minimum atomic E-state index is -3.40. The second-order valence-corrected chi connectivity index (χ2v) is 7.84. The lowest BCUT2D eigenvalue weighted by Gasteiger charge is -2.27. The van der Waals surface area contributed by atoms with E-state index in [2.05, 4.69) is 20.8 Å². The molecule has 1 aromatic carbocycles. The number of nitrogens with zero attached hydrogens (tertiary/aromatic N) is 2. The predicted octanol–water partition coefficient (Wildman–Crippen LogP) is 2.16. The fourth-order valence-electron chi connectivity index (χ4n) is 2.47. The van der Waals surface area contributed by atoms with Gasteiger partial charge in [0.25, 0.3) is 0 Å². The van der Waals surface area contributed by atoms with Gasteiger partial charge < -0.3 is 4.90 Å². The first-order valence-electron chi connectivity index (χ1n) is 6.37. The molecule has 0 bridgehead atoms. The number of benzene rings is 1. The van der Waals surface area contributed by atoms with Crippen LogP contribution in [0.15, 0.2) is 33.6 Å². The first-order valence-corrected chi connectivity index (χ1v) is 8.60. The van der Waals surface area contributed by atoms with Gasteiger partial charge in [-0.05, 0) is 45.1 Å². The second-order valence-electron chi connectivity index (χ2n) is 5.04. The third kappa shape index (κ3) is 3.37. The lowest BCUT2D eigenvalue weighted by Crippen LogP contribution is -2.41. The summed E-state index contributed by atoms with van der Waals surface area (Å²) in [7, 11) is -1.37. The Morgan fingerprint density at radius 1 is 1.32 bits per heavy atom. The monoisotopic (exact) mass is 346 g/mol. The first-order chi connectivity index (χ1) is 8.91. The molecule has 0 saturated carbocycles. The maximum absolute atomic E-state index is 12.7. The molecule has 6 heteroatoms. The van der Waals surface area contributed by atoms with Gasteiger partial charge in [0.1, 0.15) is 0 Å². The Morgan fingerprint density at radius 3 is 2.74 bits per heavy atom. The van der Waals surface area contributed by atoms with E-state index in [0.717, 1.165) is 24.0 Å². The van der Waals surface area contributed by atoms with Crippen LogP contribution in [0.4, 0.5) is 0 Å². The van der Waals surface area contributed by atoms with Crippen molar-refractivity contribution in [3.63, 3.8) is 0 Å². The summed E-state index contributed by atoms with van der Waals surface area (Å²) in [5, 5.41) is 0. The normalized spacial score (nSPS) is 23.2. The van der Waals surface area contributed by atoms with Crippen molar-refractivity contribution in [3.05, 3.63) is 28.7 Å². The molecule has 1 atom stereocenters. The molecule has 2 rings (SSSR count). The van der Waals surface area contributed by atoms with Gasteiger partial charge in [-0.1, -0.05) is 22.0 Å². The maximum atomic E-state index is 12.7. The highest BCUT2D eigenvalue weighted by Gasteiger charge is 2.31. The van der Waals surface area contributed by atoms with E-state index in [1.165, 1.54) is 0 Å². The van der Waals surface area contributed by atoms with Crippen molar-refractivity contribution in [3.8, 4) is 0 Å². The molecule has 0 aliphatic carbocycles. The summed E-state index contributed by atoms with van der Waals surface area (Å²) in [4.78, 5) is 2.54. The Labute approximate surface area is 123 Å². The largest absolute Gasteiger partial charge is 0.305 e. The number of likely N-dealkylation sites (N-methyl/N-ethyl adjacent to an activating group) is 1. The van der Waals surface area contributed by atoms with E-state index in [4.69, 9.17) is 0 Å². The van der Waals surface area contributed by atoms with Crippen LogP contribution in [0.5, 0.6) is 0 Å². The van der Waals surface area contributed by atoms with Crippen LogP contribution in [-0.4, -0.2) is 50.3 Å². The van der Waals surface area contributed by atoms with Gasteiger partial charge in [0, 0.05) is 23.6 Å². The van der Waals surface area contributed by atoms with Crippen LogP contribution in [0.1, 0.15) is 13.3 Å². The average Bonchev–Trinajstić information content (AvgIpc) is 2.50. The van der Waals surface area contributed by atoms with Crippen molar-refractivity contribution in [1.82, 2.24) is 9.21 Å². The van der Waals surface area contributed by atoms with E-state index in [0.29, 0.717) is 11.4 Å². The lowest BCUT2D eigenvalue weighted by atomic mass is 10.3. The number of sulfonamides is 1. The fourth-order valence-corrected chi connectivity index (χ4v) is 4.73. The Hall–Kier alpha value is -0.430. The highest BCUT2D eigenvalue weighted by atomic mass is 79.9. The zero-order valence-electron chi connectivity index (χ0n) is 11.2. The number of hydrogen-bond donors (Lipinski definition) is 0. The molecular weight excluding hydrogens is 328 g/mol. The topological polar surface area (TPSA) is 40.6 Å². The van der Waals surface area contributed by atoms with Gasteiger partial charge in [0.05, 0.1) is 4.90 Å². The van der Waals surface area contributed by atoms with Crippen molar-refractivity contribution in [2.24, 2.45) is 0 Å². The van der Waals surface area contributed by atoms with Crippen LogP contribution in [0.25, 0.3) is 0 Å². The summed E-state index contributed by atoms with van der Waals surface area (Å²) < 4.78 is 27.8. The van der Waals surface area contributed by atoms with E-state index >= 15 is 0 Å². The van der Waals surface area contributed by atoms with Crippen molar-refractivity contribution in [2.45, 2.75) is 24.3 Å². The van der Waals surface area contributed by atoms with Crippen molar-refractivity contribution in [2.75, 3.05) is 26.7 Å². The maximum Gasteiger partial charge on any atom is 0.243 e. The van der Waals surface area contributed by atoms with E-state index in [1.54, 1.807) is 22.5 Å². The van der Waals surface area contributed by atoms with Crippen LogP contribution in [0.3, 0.4) is 0 Å². The van der Waals surface area contributed by atoms with Crippen LogP contribution < -0.4 is 0 Å². The molecule has 1 aliphatic heterocycles. The molecule has 1 saturated heterocycles. The van der Waals surface area contributed by atoms with E-state index < -0.39 is 10.0 Å². The summed E-state index contributed by atoms with van der Waals surface area (Å²) in [6.45, 7) is 4.26. The minimum Gasteiger partial charge on any atom is -0.305 e. The SMILES string of the molecule is CC1CN(C)CCCN1S(=O)(=O)c1cccc(Br)c1. The zero-order valence-corrected chi connectivity index (χ0v) is 13.6. The van der Waals surface area contributed by atoms with Crippen molar-refractivity contribution < 1.29 is 8.42 Å². The molecule has 4 nitrogen and oxygen atoms in total. The first kappa shape index (κ1) is 15.0. The smallest absolute Gasteiger partial charge is 0.243 e. The molecule has 0 radical (unpaired) electrons. The van der Waals surface area contributed by atoms with Crippen molar-refractivity contribution in [1.29, 1.82) is 0 Å². The van der Waals surface area contributed by atoms with E-state index in [9.17, 15) is 8.42 Å².